The molecule has 2 N–H and O–H groups in total. The molecule has 1 atom stereocenters. The lowest BCUT2D eigenvalue weighted by Crippen LogP contribution is -1.91. The summed E-state index contributed by atoms with van der Waals surface area (Å²) >= 11 is 1.94. The zero-order chi connectivity index (χ0) is 8.39. The van der Waals surface area contributed by atoms with Gasteiger partial charge in [-0.2, -0.15) is 11.8 Å². The van der Waals surface area contributed by atoms with Gasteiger partial charge in [0, 0.05) is 0 Å². The molecule has 1 aliphatic rings. The fraction of sp³-hybridized carbons (Fsp3) is 0.625. The summed E-state index contributed by atoms with van der Waals surface area (Å²) in [6.45, 7) is 0.0599. The molecule has 1 saturated heterocycles. The average molecular weight is 184 g/mol. The second kappa shape index (κ2) is 3.49. The van der Waals surface area contributed by atoms with Gasteiger partial charge < -0.3 is 10.1 Å². The summed E-state index contributed by atoms with van der Waals surface area (Å²) in [4.78, 5) is 7.36. The SMILES string of the molecule is OCc1cnc(C2CCCS2)[nH]1. The lowest BCUT2D eigenvalue weighted by atomic mass is 10.2. The van der Waals surface area contributed by atoms with Crippen LogP contribution in [0.25, 0.3) is 0 Å². The first kappa shape index (κ1) is 8.13. The Hall–Kier alpha value is -0.480. The van der Waals surface area contributed by atoms with Crippen molar-refractivity contribution in [3.8, 4) is 0 Å². The number of imidazole rings is 1. The summed E-state index contributed by atoms with van der Waals surface area (Å²) in [6, 6.07) is 0. The standard InChI is InChI=1S/C8H12N2OS/c11-5-6-4-9-8(10-6)7-2-1-3-12-7/h4,7,11H,1-3,5H2,(H,9,10). The van der Waals surface area contributed by atoms with Gasteiger partial charge in [-0.3, -0.25) is 0 Å². The second-order valence-electron chi connectivity index (χ2n) is 2.95. The highest BCUT2D eigenvalue weighted by Crippen LogP contribution is 2.38. The zero-order valence-electron chi connectivity index (χ0n) is 6.79. The first-order valence-corrected chi connectivity index (χ1v) is 5.21. The Morgan fingerprint density at radius 2 is 2.67 bits per heavy atom. The maximum Gasteiger partial charge on any atom is 0.119 e. The van der Waals surface area contributed by atoms with Crippen LogP contribution in [0.15, 0.2) is 6.20 Å². The molecule has 12 heavy (non-hydrogen) atoms. The van der Waals surface area contributed by atoms with Crippen LogP contribution in [0.2, 0.25) is 0 Å². The predicted molar refractivity (Wildman–Crippen MR) is 48.9 cm³/mol. The molecule has 0 amide bonds. The summed E-state index contributed by atoms with van der Waals surface area (Å²) in [5, 5.41) is 9.35. The van der Waals surface area contributed by atoms with Gasteiger partial charge in [-0.25, -0.2) is 4.98 Å². The summed E-state index contributed by atoms with van der Waals surface area (Å²) < 4.78 is 0. The molecule has 1 aromatic heterocycles. The van der Waals surface area contributed by atoms with Crippen LogP contribution in [0.5, 0.6) is 0 Å². The fourth-order valence-corrected chi connectivity index (χ4v) is 2.64. The van der Waals surface area contributed by atoms with Crippen LogP contribution in [0.4, 0.5) is 0 Å². The number of nitrogens with one attached hydrogen (secondary N) is 1. The normalized spacial score (nSPS) is 23.2. The van der Waals surface area contributed by atoms with Gasteiger partial charge in [-0.15, -0.1) is 0 Å². The van der Waals surface area contributed by atoms with Gasteiger partial charge >= 0.3 is 0 Å². The summed E-state index contributed by atoms with van der Waals surface area (Å²) in [6.07, 6.45) is 4.21. The van der Waals surface area contributed by atoms with E-state index in [9.17, 15) is 0 Å². The molecule has 4 heteroatoms. The van der Waals surface area contributed by atoms with Crippen LogP contribution in [-0.2, 0) is 6.61 Å². The van der Waals surface area contributed by atoms with Crippen molar-refractivity contribution in [1.82, 2.24) is 9.97 Å². The number of aliphatic hydroxyl groups excluding tert-OH is 1. The van der Waals surface area contributed by atoms with Crippen molar-refractivity contribution >= 4 is 11.8 Å². The van der Waals surface area contributed by atoms with E-state index in [1.54, 1.807) is 6.20 Å². The fourth-order valence-electron chi connectivity index (χ4n) is 1.41. The number of thioether (sulfide) groups is 1. The van der Waals surface area contributed by atoms with E-state index in [1.165, 1.54) is 18.6 Å². The first-order chi connectivity index (χ1) is 5.90. The van der Waals surface area contributed by atoms with Crippen LogP contribution in [-0.4, -0.2) is 20.8 Å². The van der Waals surface area contributed by atoms with Gasteiger partial charge in [-0.1, -0.05) is 0 Å². The third-order valence-corrected chi connectivity index (χ3v) is 3.44. The highest BCUT2D eigenvalue weighted by molar-refractivity contribution is 7.99. The van der Waals surface area contributed by atoms with Crippen molar-refractivity contribution < 1.29 is 5.11 Å². The third-order valence-electron chi connectivity index (χ3n) is 2.05. The van der Waals surface area contributed by atoms with Gasteiger partial charge in [0.1, 0.15) is 5.82 Å². The van der Waals surface area contributed by atoms with E-state index in [4.69, 9.17) is 5.11 Å². The second-order valence-corrected chi connectivity index (χ2v) is 4.26. The number of hydrogen-bond donors (Lipinski definition) is 2. The number of hydrogen-bond acceptors (Lipinski definition) is 3. The number of aromatic amines is 1. The Kier molecular flexibility index (Phi) is 2.37. The molecule has 2 rings (SSSR count). The number of rotatable bonds is 2. The quantitative estimate of drug-likeness (QED) is 0.731. The largest absolute Gasteiger partial charge is 0.390 e. The highest BCUT2D eigenvalue weighted by Gasteiger charge is 2.19. The van der Waals surface area contributed by atoms with Gasteiger partial charge in [0.2, 0.25) is 0 Å². The molecule has 3 nitrogen and oxygen atoms in total. The van der Waals surface area contributed by atoms with Gasteiger partial charge in [-0.05, 0) is 18.6 Å². The number of aliphatic hydroxyl groups is 1. The highest BCUT2D eigenvalue weighted by atomic mass is 32.2. The molecule has 1 fully saturated rings. The van der Waals surface area contributed by atoms with Crippen molar-refractivity contribution in [1.29, 1.82) is 0 Å². The van der Waals surface area contributed by atoms with Crippen LogP contribution < -0.4 is 0 Å². The average Bonchev–Trinajstić information content (AvgIpc) is 2.75. The van der Waals surface area contributed by atoms with Crippen LogP contribution in [0.1, 0.15) is 29.6 Å². The minimum absolute atomic E-state index is 0.0599. The number of H-pyrrole nitrogens is 1. The number of nitrogens with zero attached hydrogens (tertiary/aromatic N) is 1. The van der Waals surface area contributed by atoms with Crippen molar-refractivity contribution in [2.24, 2.45) is 0 Å². The van der Waals surface area contributed by atoms with Crippen molar-refractivity contribution in [2.75, 3.05) is 5.75 Å². The molecule has 2 heterocycles. The maximum atomic E-state index is 8.82. The molecular formula is C8H12N2OS. The Labute approximate surface area is 75.6 Å². The van der Waals surface area contributed by atoms with Gasteiger partial charge in [0.05, 0.1) is 23.7 Å². The molecule has 0 saturated carbocycles. The molecule has 66 valence electrons. The Balaban J connectivity index is 2.11. The molecule has 0 spiro atoms. The molecule has 1 aliphatic heterocycles. The summed E-state index contributed by atoms with van der Waals surface area (Å²) in [7, 11) is 0. The van der Waals surface area contributed by atoms with E-state index in [2.05, 4.69) is 9.97 Å². The Morgan fingerprint density at radius 3 is 3.25 bits per heavy atom. The lowest BCUT2D eigenvalue weighted by molar-refractivity contribution is 0.277. The monoisotopic (exact) mass is 184 g/mol. The van der Waals surface area contributed by atoms with Crippen molar-refractivity contribution in [3.63, 3.8) is 0 Å². The summed E-state index contributed by atoms with van der Waals surface area (Å²) in [5.41, 5.74) is 0.817. The molecule has 0 aromatic carbocycles. The molecule has 1 aromatic rings. The van der Waals surface area contributed by atoms with E-state index in [-0.39, 0.29) is 6.61 Å². The third kappa shape index (κ3) is 1.49. The molecule has 1 unspecified atom stereocenters. The van der Waals surface area contributed by atoms with Gasteiger partial charge in [0.15, 0.2) is 0 Å². The van der Waals surface area contributed by atoms with E-state index in [0.29, 0.717) is 5.25 Å². The van der Waals surface area contributed by atoms with Gasteiger partial charge in [0.25, 0.3) is 0 Å². The zero-order valence-corrected chi connectivity index (χ0v) is 7.60. The van der Waals surface area contributed by atoms with Crippen LogP contribution in [0, 0.1) is 0 Å². The molecule has 0 aliphatic carbocycles. The van der Waals surface area contributed by atoms with E-state index in [0.717, 1.165) is 11.5 Å². The van der Waals surface area contributed by atoms with E-state index in [1.807, 2.05) is 11.8 Å². The minimum Gasteiger partial charge on any atom is -0.390 e. The Morgan fingerprint density at radius 1 is 1.75 bits per heavy atom. The Bertz CT molecular complexity index is 255. The van der Waals surface area contributed by atoms with Crippen molar-refractivity contribution in [2.45, 2.75) is 24.7 Å². The molecule has 0 bridgehead atoms. The van der Waals surface area contributed by atoms with E-state index >= 15 is 0 Å². The smallest absolute Gasteiger partial charge is 0.119 e. The summed E-state index contributed by atoms with van der Waals surface area (Å²) in [5.74, 6) is 2.27. The number of aromatic nitrogens is 2. The lowest BCUT2D eigenvalue weighted by Gasteiger charge is -2.02. The minimum atomic E-state index is 0.0599. The van der Waals surface area contributed by atoms with Crippen LogP contribution >= 0.6 is 11.8 Å². The molecular weight excluding hydrogens is 172 g/mol. The maximum absolute atomic E-state index is 8.82. The molecule has 0 radical (unpaired) electrons. The van der Waals surface area contributed by atoms with Crippen molar-refractivity contribution in [3.05, 3.63) is 17.7 Å². The van der Waals surface area contributed by atoms with E-state index < -0.39 is 0 Å². The topological polar surface area (TPSA) is 48.9 Å². The van der Waals surface area contributed by atoms with Crippen LogP contribution in [0.3, 0.4) is 0 Å². The first-order valence-electron chi connectivity index (χ1n) is 4.16. The predicted octanol–water partition coefficient (Wildman–Crippen LogP) is 1.47.